The van der Waals surface area contributed by atoms with Crippen molar-refractivity contribution in [3.05, 3.63) is 41.5 Å². The number of rotatable bonds is 3. The molecule has 1 atom stereocenters. The molecule has 6 heteroatoms. The third-order valence-electron chi connectivity index (χ3n) is 5.19. The second-order valence-corrected chi connectivity index (χ2v) is 8.51. The molecule has 0 amide bonds. The first-order valence-electron chi connectivity index (χ1n) is 8.25. The van der Waals surface area contributed by atoms with Gasteiger partial charge in [-0.1, -0.05) is 24.3 Å². The van der Waals surface area contributed by atoms with Gasteiger partial charge in [-0.15, -0.1) is 0 Å². The van der Waals surface area contributed by atoms with E-state index in [-0.39, 0.29) is 6.54 Å². The van der Waals surface area contributed by atoms with Crippen molar-refractivity contribution in [1.82, 2.24) is 4.31 Å². The van der Waals surface area contributed by atoms with Crippen LogP contribution in [0, 0.1) is 5.92 Å². The average Bonchev–Trinajstić information content (AvgIpc) is 3.00. The highest BCUT2D eigenvalue weighted by atomic mass is 32.2. The molecule has 1 fully saturated rings. The van der Waals surface area contributed by atoms with Gasteiger partial charge in [0.05, 0.1) is 10.8 Å². The van der Waals surface area contributed by atoms with Crippen molar-refractivity contribution in [3.63, 3.8) is 0 Å². The molecule has 1 aliphatic heterocycles. The fourth-order valence-electron chi connectivity index (χ4n) is 3.95. The second-order valence-electron chi connectivity index (χ2n) is 6.60. The molecule has 1 aliphatic carbocycles. The van der Waals surface area contributed by atoms with Crippen molar-refractivity contribution in [2.75, 3.05) is 13.1 Å². The summed E-state index contributed by atoms with van der Waals surface area (Å²) >= 11 is 0. The Labute approximate surface area is 140 Å². The van der Waals surface area contributed by atoms with Crippen molar-refractivity contribution in [3.8, 4) is 0 Å². The molecule has 1 heterocycles. The SMILES string of the molecule is O=C(O)C1CCCN(S(=O)(=O)c2ccc3c4c(cccc24)CC3)C1. The minimum absolute atomic E-state index is 0.0562. The fourth-order valence-corrected chi connectivity index (χ4v) is 5.66. The van der Waals surface area contributed by atoms with Crippen LogP contribution in [0.1, 0.15) is 24.0 Å². The van der Waals surface area contributed by atoms with Gasteiger partial charge in [-0.05, 0) is 48.3 Å². The summed E-state index contributed by atoms with van der Waals surface area (Å²) in [6, 6.07) is 9.41. The minimum atomic E-state index is -3.69. The number of aryl methyl sites for hydroxylation is 2. The van der Waals surface area contributed by atoms with Gasteiger partial charge in [-0.3, -0.25) is 4.79 Å². The highest BCUT2D eigenvalue weighted by molar-refractivity contribution is 7.89. The first-order valence-corrected chi connectivity index (χ1v) is 9.69. The molecule has 2 aliphatic rings. The molecule has 5 nitrogen and oxygen atoms in total. The normalized spacial score (nSPS) is 21.2. The standard InChI is InChI=1S/C18H19NO4S/c20-18(21)14-4-2-10-19(11-14)24(22,23)16-9-8-13-7-6-12-3-1-5-15(16)17(12)13/h1,3,5,8-9,14H,2,4,6-7,10-11H2,(H,20,21). The number of aliphatic carboxylic acids is 1. The van der Waals surface area contributed by atoms with E-state index >= 15 is 0 Å². The predicted molar refractivity (Wildman–Crippen MR) is 90.5 cm³/mol. The van der Waals surface area contributed by atoms with E-state index in [0.717, 1.165) is 23.6 Å². The number of piperidine rings is 1. The molecule has 126 valence electrons. The average molecular weight is 345 g/mol. The van der Waals surface area contributed by atoms with Crippen LogP contribution in [-0.4, -0.2) is 36.9 Å². The van der Waals surface area contributed by atoms with Gasteiger partial charge in [0.25, 0.3) is 0 Å². The summed E-state index contributed by atoms with van der Waals surface area (Å²) in [6.07, 6.45) is 3.00. The maximum absolute atomic E-state index is 13.1. The number of benzene rings is 2. The molecule has 0 radical (unpaired) electrons. The number of sulfonamides is 1. The van der Waals surface area contributed by atoms with Crippen LogP contribution in [0.5, 0.6) is 0 Å². The van der Waals surface area contributed by atoms with Crippen LogP contribution in [0.25, 0.3) is 10.8 Å². The van der Waals surface area contributed by atoms with Crippen LogP contribution < -0.4 is 0 Å². The number of hydrogen-bond donors (Lipinski definition) is 1. The smallest absolute Gasteiger partial charge is 0.307 e. The molecule has 24 heavy (non-hydrogen) atoms. The highest BCUT2D eigenvalue weighted by Crippen LogP contribution is 2.36. The lowest BCUT2D eigenvalue weighted by Crippen LogP contribution is -2.42. The Bertz CT molecular complexity index is 925. The maximum Gasteiger partial charge on any atom is 0.307 e. The summed E-state index contributed by atoms with van der Waals surface area (Å²) < 4.78 is 27.6. The van der Waals surface area contributed by atoms with Crippen molar-refractivity contribution in [2.24, 2.45) is 5.92 Å². The lowest BCUT2D eigenvalue weighted by Gasteiger charge is -2.30. The van der Waals surface area contributed by atoms with E-state index in [1.54, 1.807) is 6.07 Å². The van der Waals surface area contributed by atoms with Crippen molar-refractivity contribution < 1.29 is 18.3 Å². The Balaban J connectivity index is 1.81. The molecule has 0 aromatic heterocycles. The summed E-state index contributed by atoms with van der Waals surface area (Å²) in [5, 5.41) is 11.0. The summed E-state index contributed by atoms with van der Waals surface area (Å²) in [4.78, 5) is 11.6. The number of carbonyl (C=O) groups is 1. The molecule has 1 N–H and O–H groups in total. The third-order valence-corrected chi connectivity index (χ3v) is 7.11. The zero-order valence-corrected chi connectivity index (χ0v) is 14.1. The number of nitrogens with zero attached hydrogens (tertiary/aromatic N) is 1. The molecule has 2 aromatic carbocycles. The first-order chi connectivity index (χ1) is 11.5. The lowest BCUT2D eigenvalue weighted by molar-refractivity contribution is -0.142. The van der Waals surface area contributed by atoms with Gasteiger partial charge in [-0.2, -0.15) is 4.31 Å². The van der Waals surface area contributed by atoms with Crippen molar-refractivity contribution in [2.45, 2.75) is 30.6 Å². The van der Waals surface area contributed by atoms with Crippen LogP contribution in [0.15, 0.2) is 35.2 Å². The van der Waals surface area contributed by atoms with Gasteiger partial charge in [0, 0.05) is 18.5 Å². The molecule has 1 unspecified atom stereocenters. The van der Waals surface area contributed by atoms with E-state index < -0.39 is 21.9 Å². The predicted octanol–water partition coefficient (Wildman–Crippen LogP) is 2.42. The van der Waals surface area contributed by atoms with Gasteiger partial charge in [0.2, 0.25) is 10.0 Å². The van der Waals surface area contributed by atoms with Gasteiger partial charge < -0.3 is 5.11 Å². The molecule has 0 saturated carbocycles. The first kappa shape index (κ1) is 15.6. The molecule has 1 saturated heterocycles. The van der Waals surface area contributed by atoms with Crippen LogP contribution in [0.2, 0.25) is 0 Å². The van der Waals surface area contributed by atoms with Crippen molar-refractivity contribution >= 4 is 26.8 Å². The minimum Gasteiger partial charge on any atom is -0.481 e. The van der Waals surface area contributed by atoms with E-state index in [9.17, 15) is 18.3 Å². The van der Waals surface area contributed by atoms with Gasteiger partial charge >= 0.3 is 5.97 Å². The Morgan fingerprint density at radius 2 is 1.88 bits per heavy atom. The van der Waals surface area contributed by atoms with Gasteiger partial charge in [0.1, 0.15) is 0 Å². The van der Waals surface area contributed by atoms with E-state index in [2.05, 4.69) is 6.07 Å². The maximum atomic E-state index is 13.1. The molecule has 4 rings (SSSR count). The van der Waals surface area contributed by atoms with E-state index in [4.69, 9.17) is 0 Å². The van der Waals surface area contributed by atoms with Crippen LogP contribution in [-0.2, 0) is 27.7 Å². The fraction of sp³-hybridized carbons (Fsp3) is 0.389. The molecule has 0 bridgehead atoms. The Kier molecular flexibility index (Phi) is 3.62. The van der Waals surface area contributed by atoms with Gasteiger partial charge in [0.15, 0.2) is 0 Å². The van der Waals surface area contributed by atoms with E-state index in [1.165, 1.54) is 15.4 Å². The summed E-state index contributed by atoms with van der Waals surface area (Å²) in [5.41, 5.74) is 2.39. The Morgan fingerprint density at radius 3 is 2.62 bits per heavy atom. The Hall–Kier alpha value is -1.92. The molecular weight excluding hydrogens is 326 g/mol. The highest BCUT2D eigenvalue weighted by Gasteiger charge is 2.34. The zero-order valence-electron chi connectivity index (χ0n) is 13.2. The van der Waals surface area contributed by atoms with Crippen LogP contribution in [0.4, 0.5) is 0 Å². The Morgan fingerprint density at radius 1 is 1.12 bits per heavy atom. The monoisotopic (exact) mass is 345 g/mol. The summed E-state index contributed by atoms with van der Waals surface area (Å²) in [5.74, 6) is -1.54. The molecule has 2 aromatic rings. The summed E-state index contributed by atoms with van der Waals surface area (Å²) in [7, 11) is -3.69. The largest absolute Gasteiger partial charge is 0.481 e. The number of carboxylic acids is 1. The van der Waals surface area contributed by atoms with Gasteiger partial charge in [-0.25, -0.2) is 8.42 Å². The number of carboxylic acid groups (broad SMARTS) is 1. The quantitative estimate of drug-likeness (QED) is 0.927. The van der Waals surface area contributed by atoms with Crippen molar-refractivity contribution in [1.29, 1.82) is 0 Å². The lowest BCUT2D eigenvalue weighted by atomic mass is 10.0. The topological polar surface area (TPSA) is 74.7 Å². The van der Waals surface area contributed by atoms with E-state index in [1.807, 2.05) is 18.2 Å². The molecule has 0 spiro atoms. The summed E-state index contributed by atoms with van der Waals surface area (Å²) in [6.45, 7) is 0.440. The second kappa shape index (κ2) is 5.57. The van der Waals surface area contributed by atoms with Crippen LogP contribution >= 0.6 is 0 Å². The van der Waals surface area contributed by atoms with E-state index in [0.29, 0.717) is 24.3 Å². The third kappa shape index (κ3) is 2.32. The van der Waals surface area contributed by atoms with Crippen LogP contribution in [0.3, 0.4) is 0 Å². The zero-order chi connectivity index (χ0) is 16.9. The number of hydrogen-bond acceptors (Lipinski definition) is 3. The molecular formula is C18H19NO4S.